The van der Waals surface area contributed by atoms with Crippen molar-refractivity contribution in [3.8, 4) is 11.3 Å². The highest BCUT2D eigenvalue weighted by atomic mass is 35.5. The molecule has 0 fully saturated rings. The van der Waals surface area contributed by atoms with Crippen molar-refractivity contribution in [2.24, 2.45) is 0 Å². The summed E-state index contributed by atoms with van der Waals surface area (Å²) in [5.41, 5.74) is 5.24. The molecule has 1 aliphatic heterocycles. The average molecular weight is 366 g/mol. The van der Waals surface area contributed by atoms with Crippen LogP contribution in [0.2, 0.25) is 5.02 Å². The lowest BCUT2D eigenvalue weighted by Crippen LogP contribution is -2.27. The van der Waals surface area contributed by atoms with Gasteiger partial charge in [-0.3, -0.25) is 4.79 Å². The van der Waals surface area contributed by atoms with Crippen LogP contribution in [0.25, 0.3) is 11.3 Å². The second-order valence-electron chi connectivity index (χ2n) is 6.09. The second kappa shape index (κ2) is 8.59. The highest BCUT2D eigenvalue weighted by Crippen LogP contribution is 2.25. The van der Waals surface area contributed by atoms with Crippen LogP contribution >= 0.6 is 11.6 Å². The van der Waals surface area contributed by atoms with Crippen LogP contribution in [0.3, 0.4) is 0 Å². The highest BCUT2D eigenvalue weighted by molar-refractivity contribution is 6.30. The van der Waals surface area contributed by atoms with Gasteiger partial charge in [-0.15, -0.1) is 0 Å². The van der Waals surface area contributed by atoms with Gasteiger partial charge in [-0.25, -0.2) is 9.97 Å². The molecule has 2 aromatic carbocycles. The maximum atomic E-state index is 10.6. The van der Waals surface area contributed by atoms with Gasteiger partial charge in [0.1, 0.15) is 6.33 Å². The Morgan fingerprint density at radius 1 is 1.08 bits per heavy atom. The van der Waals surface area contributed by atoms with Crippen LogP contribution in [0.4, 0.5) is 5.69 Å². The van der Waals surface area contributed by atoms with Gasteiger partial charge in [0, 0.05) is 28.5 Å². The summed E-state index contributed by atoms with van der Waals surface area (Å²) < 4.78 is 0. The Hall–Kier alpha value is -2.72. The highest BCUT2D eigenvalue weighted by Gasteiger charge is 2.14. The largest absolute Gasteiger partial charge is 0.315 e. The zero-order valence-electron chi connectivity index (χ0n) is 14.6. The molecule has 132 valence electrons. The summed E-state index contributed by atoms with van der Waals surface area (Å²) in [6.07, 6.45) is 4.65. The Kier molecular flexibility index (Phi) is 5.97. The molecule has 0 bridgehead atoms. The van der Waals surface area contributed by atoms with E-state index in [4.69, 9.17) is 11.6 Å². The third-order valence-electron chi connectivity index (χ3n) is 4.20. The Morgan fingerprint density at radius 3 is 2.69 bits per heavy atom. The van der Waals surface area contributed by atoms with E-state index in [0.717, 1.165) is 53.5 Å². The predicted octanol–water partition coefficient (Wildman–Crippen LogP) is 4.70. The van der Waals surface area contributed by atoms with Gasteiger partial charge in [-0.2, -0.15) is 0 Å². The molecule has 0 unspecified atom stereocenters. The standard InChI is InChI=1S/C11H9ClN2.C10H11NO/c1-8-5-11(14-7-13-8)9-3-2-4-10(12)6-9;12-8-11-7-3-5-9-4-1-2-6-10(9)11/h2-7H,1H3;1-2,4,6,8H,3,5,7H2. The topological polar surface area (TPSA) is 46.1 Å². The van der Waals surface area contributed by atoms with Gasteiger partial charge >= 0.3 is 0 Å². The molecular formula is C21H20ClN3O. The zero-order valence-corrected chi connectivity index (χ0v) is 15.4. The number of carbonyl (C=O) groups excluding carboxylic acids is 1. The first-order valence-electron chi connectivity index (χ1n) is 8.52. The number of hydrogen-bond acceptors (Lipinski definition) is 3. The Bertz CT molecular complexity index is 854. The van der Waals surface area contributed by atoms with E-state index >= 15 is 0 Å². The van der Waals surface area contributed by atoms with E-state index < -0.39 is 0 Å². The molecule has 2 heterocycles. The summed E-state index contributed by atoms with van der Waals surface area (Å²) in [7, 11) is 0. The van der Waals surface area contributed by atoms with Gasteiger partial charge in [0.2, 0.25) is 6.41 Å². The van der Waals surface area contributed by atoms with Crippen LogP contribution in [0, 0.1) is 6.92 Å². The first-order chi connectivity index (χ1) is 12.7. The van der Waals surface area contributed by atoms with Crippen molar-refractivity contribution in [2.45, 2.75) is 19.8 Å². The molecule has 0 aliphatic carbocycles. The fraction of sp³-hybridized carbons (Fsp3) is 0.190. The molecule has 0 saturated carbocycles. The lowest BCUT2D eigenvalue weighted by Gasteiger charge is -2.25. The summed E-state index contributed by atoms with van der Waals surface area (Å²) in [6.45, 7) is 2.80. The summed E-state index contributed by atoms with van der Waals surface area (Å²) in [4.78, 5) is 20.7. The predicted molar refractivity (Wildman–Crippen MR) is 105 cm³/mol. The summed E-state index contributed by atoms with van der Waals surface area (Å²) in [5.74, 6) is 0. The first-order valence-corrected chi connectivity index (χ1v) is 8.89. The first kappa shape index (κ1) is 18.1. The number of aryl methyl sites for hydroxylation is 2. The maximum absolute atomic E-state index is 10.6. The summed E-state index contributed by atoms with van der Waals surface area (Å²) in [6, 6.07) is 17.7. The molecular weight excluding hydrogens is 346 g/mol. The second-order valence-corrected chi connectivity index (χ2v) is 6.52. The number of hydrogen-bond donors (Lipinski definition) is 0. The molecule has 0 N–H and O–H groups in total. The molecule has 26 heavy (non-hydrogen) atoms. The molecule has 4 nitrogen and oxygen atoms in total. The van der Waals surface area contributed by atoms with Gasteiger partial charge in [0.05, 0.1) is 5.69 Å². The number of para-hydroxylation sites is 1. The third-order valence-corrected chi connectivity index (χ3v) is 4.43. The minimum Gasteiger partial charge on any atom is -0.315 e. The van der Waals surface area contributed by atoms with E-state index in [2.05, 4.69) is 16.0 Å². The van der Waals surface area contributed by atoms with E-state index in [0.29, 0.717) is 0 Å². The Balaban J connectivity index is 0.000000152. The molecule has 1 aromatic heterocycles. The van der Waals surface area contributed by atoms with Crippen molar-refractivity contribution in [2.75, 3.05) is 11.4 Å². The van der Waals surface area contributed by atoms with Crippen molar-refractivity contribution < 1.29 is 4.79 Å². The van der Waals surface area contributed by atoms with Crippen LogP contribution in [0.5, 0.6) is 0 Å². The molecule has 4 rings (SSSR count). The van der Waals surface area contributed by atoms with Crippen molar-refractivity contribution >= 4 is 23.7 Å². The summed E-state index contributed by atoms with van der Waals surface area (Å²) >= 11 is 5.89. The van der Waals surface area contributed by atoms with E-state index in [9.17, 15) is 4.79 Å². The zero-order chi connectivity index (χ0) is 18.4. The smallest absolute Gasteiger partial charge is 0.214 e. The SMILES string of the molecule is Cc1cc(-c2cccc(Cl)c2)ncn1.O=CN1CCCc2ccccc21. The number of anilines is 1. The van der Waals surface area contributed by atoms with Crippen LogP contribution in [0.15, 0.2) is 60.9 Å². The Morgan fingerprint density at radius 2 is 1.92 bits per heavy atom. The van der Waals surface area contributed by atoms with E-state index in [1.165, 1.54) is 5.56 Å². The third kappa shape index (κ3) is 4.46. The monoisotopic (exact) mass is 365 g/mol. The molecule has 5 heteroatoms. The lowest BCUT2D eigenvalue weighted by atomic mass is 10.0. The van der Waals surface area contributed by atoms with Gasteiger partial charge in [0.15, 0.2) is 0 Å². The van der Waals surface area contributed by atoms with E-state index in [-0.39, 0.29) is 0 Å². The van der Waals surface area contributed by atoms with Gasteiger partial charge < -0.3 is 4.90 Å². The number of rotatable bonds is 2. The maximum Gasteiger partial charge on any atom is 0.214 e. The van der Waals surface area contributed by atoms with Crippen molar-refractivity contribution in [3.05, 3.63) is 77.2 Å². The molecule has 0 saturated heterocycles. The Labute approximate surface area is 158 Å². The number of benzene rings is 2. The van der Waals surface area contributed by atoms with E-state index in [1.807, 2.05) is 55.5 Å². The van der Waals surface area contributed by atoms with Crippen LogP contribution in [0.1, 0.15) is 17.7 Å². The number of nitrogens with zero attached hydrogens (tertiary/aromatic N) is 3. The number of amides is 1. The average Bonchev–Trinajstić information content (AvgIpc) is 2.68. The number of aromatic nitrogens is 2. The molecule has 0 spiro atoms. The van der Waals surface area contributed by atoms with Crippen LogP contribution < -0.4 is 4.90 Å². The van der Waals surface area contributed by atoms with Crippen LogP contribution in [-0.2, 0) is 11.2 Å². The number of fused-ring (bicyclic) bond motifs is 1. The quantitative estimate of drug-likeness (QED) is 0.618. The van der Waals surface area contributed by atoms with Gasteiger partial charge in [0.25, 0.3) is 0 Å². The van der Waals surface area contributed by atoms with Gasteiger partial charge in [-0.1, -0.05) is 41.9 Å². The molecule has 1 amide bonds. The van der Waals surface area contributed by atoms with Crippen molar-refractivity contribution in [1.29, 1.82) is 0 Å². The van der Waals surface area contributed by atoms with Crippen LogP contribution in [-0.4, -0.2) is 22.9 Å². The lowest BCUT2D eigenvalue weighted by molar-refractivity contribution is -0.107. The van der Waals surface area contributed by atoms with Gasteiger partial charge in [-0.05, 0) is 49.6 Å². The molecule has 3 aromatic rings. The minimum absolute atomic E-state index is 0.721. The molecule has 1 aliphatic rings. The van der Waals surface area contributed by atoms with E-state index in [1.54, 1.807) is 11.2 Å². The summed E-state index contributed by atoms with van der Waals surface area (Å²) in [5, 5.41) is 0.721. The minimum atomic E-state index is 0.721. The fourth-order valence-electron chi connectivity index (χ4n) is 2.93. The molecule has 0 radical (unpaired) electrons. The number of carbonyl (C=O) groups is 1. The van der Waals surface area contributed by atoms with Crippen molar-refractivity contribution in [3.63, 3.8) is 0 Å². The molecule has 0 atom stereocenters. The normalized spacial score (nSPS) is 12.6. The number of halogens is 1. The van der Waals surface area contributed by atoms with Crippen molar-refractivity contribution in [1.82, 2.24) is 9.97 Å². The fourth-order valence-corrected chi connectivity index (χ4v) is 3.12.